The van der Waals surface area contributed by atoms with Crippen molar-refractivity contribution in [2.24, 2.45) is 0 Å². The lowest BCUT2D eigenvalue weighted by Crippen LogP contribution is -2.09. The molecule has 0 N–H and O–H groups in total. The predicted octanol–water partition coefficient (Wildman–Crippen LogP) is 2.48. The first kappa shape index (κ1) is 8.85. The van der Waals surface area contributed by atoms with Gasteiger partial charge in [0.25, 0.3) is 0 Å². The highest BCUT2D eigenvalue weighted by Crippen LogP contribution is 2.17. The number of anilines is 1. The van der Waals surface area contributed by atoms with E-state index in [1.807, 2.05) is 39.2 Å². The fourth-order valence-corrected chi connectivity index (χ4v) is 1.14. The summed E-state index contributed by atoms with van der Waals surface area (Å²) < 4.78 is 0. The molecule has 0 saturated carbocycles. The maximum Gasteiger partial charge on any atom is 0.0440 e. The van der Waals surface area contributed by atoms with Gasteiger partial charge in [-0.05, 0) is 19.1 Å². The molecule has 1 rings (SSSR count). The molecule has 0 heterocycles. The third kappa shape index (κ3) is 1.88. The standard InChI is InChI=1S/C11H14N/c1-4-7-10-8-5-6-9-11(10)12(2)3/h4-6,8-9H,1-3H3. The van der Waals surface area contributed by atoms with Crippen molar-refractivity contribution in [3.8, 4) is 0 Å². The first-order valence-corrected chi connectivity index (χ1v) is 4.06. The number of hydrogen-bond acceptors (Lipinski definition) is 1. The minimum absolute atomic E-state index is 1.14. The molecule has 12 heavy (non-hydrogen) atoms. The van der Waals surface area contributed by atoms with Crippen LogP contribution in [0.5, 0.6) is 0 Å². The fraction of sp³-hybridized carbons (Fsp3) is 0.273. The van der Waals surface area contributed by atoms with Crippen molar-refractivity contribution >= 4 is 5.69 Å². The van der Waals surface area contributed by atoms with Gasteiger partial charge in [-0.1, -0.05) is 24.3 Å². The Morgan fingerprint density at radius 2 is 1.92 bits per heavy atom. The lowest BCUT2D eigenvalue weighted by molar-refractivity contribution is 1.12. The van der Waals surface area contributed by atoms with Gasteiger partial charge >= 0.3 is 0 Å². The first-order valence-electron chi connectivity index (χ1n) is 4.06. The summed E-state index contributed by atoms with van der Waals surface area (Å²) in [5.74, 6) is 0. The van der Waals surface area contributed by atoms with Crippen molar-refractivity contribution in [1.29, 1.82) is 0 Å². The zero-order valence-electron chi connectivity index (χ0n) is 7.83. The highest BCUT2D eigenvalue weighted by molar-refractivity contribution is 5.54. The Morgan fingerprint density at radius 1 is 1.25 bits per heavy atom. The van der Waals surface area contributed by atoms with Gasteiger partial charge in [0, 0.05) is 25.3 Å². The smallest absolute Gasteiger partial charge is 0.0440 e. The number of allylic oxidation sites excluding steroid dienone is 1. The average Bonchev–Trinajstić information content (AvgIpc) is 2.05. The zero-order chi connectivity index (χ0) is 8.97. The molecule has 0 aromatic heterocycles. The van der Waals surface area contributed by atoms with Gasteiger partial charge < -0.3 is 4.90 Å². The molecule has 1 heteroatoms. The number of nitrogens with zero attached hydrogens (tertiary/aromatic N) is 1. The number of hydrogen-bond donors (Lipinski definition) is 0. The molecule has 1 aromatic rings. The highest BCUT2D eigenvalue weighted by atomic mass is 15.1. The van der Waals surface area contributed by atoms with Crippen LogP contribution in [0.15, 0.2) is 30.3 Å². The topological polar surface area (TPSA) is 3.24 Å². The summed E-state index contributed by atoms with van der Waals surface area (Å²) in [5.41, 5.74) is 2.35. The van der Waals surface area contributed by atoms with E-state index < -0.39 is 0 Å². The summed E-state index contributed by atoms with van der Waals surface area (Å²) in [4.78, 5) is 2.09. The molecule has 1 nitrogen and oxygen atoms in total. The average molecular weight is 160 g/mol. The van der Waals surface area contributed by atoms with Gasteiger partial charge in [-0.25, -0.2) is 0 Å². The Bertz CT molecular complexity index is 274. The van der Waals surface area contributed by atoms with E-state index in [-0.39, 0.29) is 0 Å². The lowest BCUT2D eigenvalue weighted by atomic mass is 10.1. The normalized spacial score (nSPS) is 10.6. The Balaban J connectivity index is 3.08. The number of rotatable bonds is 2. The van der Waals surface area contributed by atoms with Crippen LogP contribution in [0.3, 0.4) is 0 Å². The van der Waals surface area contributed by atoms with Crippen LogP contribution in [0.1, 0.15) is 12.5 Å². The zero-order valence-corrected chi connectivity index (χ0v) is 7.83. The van der Waals surface area contributed by atoms with Gasteiger partial charge in [0.05, 0.1) is 0 Å². The maximum absolute atomic E-state index is 3.19. The van der Waals surface area contributed by atoms with Gasteiger partial charge in [0.2, 0.25) is 0 Å². The largest absolute Gasteiger partial charge is 0.377 e. The van der Waals surface area contributed by atoms with E-state index >= 15 is 0 Å². The van der Waals surface area contributed by atoms with Crippen LogP contribution in [-0.4, -0.2) is 14.1 Å². The highest BCUT2D eigenvalue weighted by Gasteiger charge is 1.98. The molecular formula is C11H14N. The minimum atomic E-state index is 1.14. The van der Waals surface area contributed by atoms with Crippen molar-refractivity contribution in [3.05, 3.63) is 42.0 Å². The molecule has 1 aromatic carbocycles. The van der Waals surface area contributed by atoms with Crippen LogP contribution in [0.2, 0.25) is 0 Å². The number of benzene rings is 1. The van der Waals surface area contributed by atoms with Crippen LogP contribution in [0.25, 0.3) is 0 Å². The molecule has 0 unspecified atom stereocenters. The molecule has 0 spiro atoms. The van der Waals surface area contributed by atoms with Gasteiger partial charge in [-0.15, -0.1) is 0 Å². The molecule has 0 saturated heterocycles. The van der Waals surface area contributed by atoms with Crippen LogP contribution < -0.4 is 4.90 Å². The summed E-state index contributed by atoms with van der Waals surface area (Å²) in [5, 5.41) is 0. The molecule has 0 aliphatic heterocycles. The van der Waals surface area contributed by atoms with Crippen molar-refractivity contribution in [3.63, 3.8) is 0 Å². The monoisotopic (exact) mass is 160 g/mol. The third-order valence-electron chi connectivity index (χ3n) is 1.69. The molecule has 0 atom stereocenters. The third-order valence-corrected chi connectivity index (χ3v) is 1.69. The van der Waals surface area contributed by atoms with Gasteiger partial charge in [0.1, 0.15) is 0 Å². The van der Waals surface area contributed by atoms with Crippen LogP contribution in [0.4, 0.5) is 5.69 Å². The SMILES string of the molecule is CC=[C]c1ccccc1N(C)C. The van der Waals surface area contributed by atoms with Crippen molar-refractivity contribution < 1.29 is 0 Å². The van der Waals surface area contributed by atoms with Crippen LogP contribution >= 0.6 is 0 Å². The Kier molecular flexibility index (Phi) is 2.92. The van der Waals surface area contributed by atoms with Crippen molar-refractivity contribution in [2.45, 2.75) is 6.92 Å². The van der Waals surface area contributed by atoms with Gasteiger partial charge in [-0.3, -0.25) is 0 Å². The van der Waals surface area contributed by atoms with E-state index in [2.05, 4.69) is 23.1 Å². The molecule has 63 valence electrons. The summed E-state index contributed by atoms with van der Waals surface area (Å²) >= 11 is 0. The Labute approximate surface area is 74.3 Å². The molecule has 0 amide bonds. The Hall–Kier alpha value is -1.24. The second-order valence-corrected chi connectivity index (χ2v) is 2.84. The van der Waals surface area contributed by atoms with E-state index in [1.165, 1.54) is 5.69 Å². The summed E-state index contributed by atoms with van der Waals surface area (Å²) in [6.07, 6.45) is 5.12. The second kappa shape index (κ2) is 3.96. The molecular weight excluding hydrogens is 146 g/mol. The fourth-order valence-electron chi connectivity index (χ4n) is 1.14. The van der Waals surface area contributed by atoms with E-state index in [0.29, 0.717) is 0 Å². The van der Waals surface area contributed by atoms with Crippen LogP contribution in [0, 0.1) is 6.08 Å². The number of para-hydroxylation sites is 1. The Morgan fingerprint density at radius 3 is 2.50 bits per heavy atom. The summed E-state index contributed by atoms with van der Waals surface area (Å²) in [6.45, 7) is 1.98. The lowest BCUT2D eigenvalue weighted by Gasteiger charge is -2.14. The minimum Gasteiger partial charge on any atom is -0.377 e. The van der Waals surface area contributed by atoms with Crippen LogP contribution in [-0.2, 0) is 0 Å². The van der Waals surface area contributed by atoms with E-state index in [9.17, 15) is 0 Å². The second-order valence-electron chi connectivity index (χ2n) is 2.84. The molecule has 1 radical (unpaired) electrons. The maximum atomic E-state index is 3.19. The predicted molar refractivity (Wildman–Crippen MR) is 53.4 cm³/mol. The van der Waals surface area contributed by atoms with Gasteiger partial charge in [-0.2, -0.15) is 0 Å². The summed E-state index contributed by atoms with van der Waals surface area (Å²) in [6, 6.07) is 8.22. The van der Waals surface area contributed by atoms with Crippen molar-refractivity contribution in [2.75, 3.05) is 19.0 Å². The molecule has 0 aliphatic carbocycles. The van der Waals surface area contributed by atoms with Crippen molar-refractivity contribution in [1.82, 2.24) is 0 Å². The van der Waals surface area contributed by atoms with Gasteiger partial charge in [0.15, 0.2) is 0 Å². The van der Waals surface area contributed by atoms with E-state index in [4.69, 9.17) is 0 Å². The quantitative estimate of drug-likeness (QED) is 0.642. The van der Waals surface area contributed by atoms with E-state index in [0.717, 1.165) is 5.56 Å². The van der Waals surface area contributed by atoms with E-state index in [1.54, 1.807) is 0 Å². The molecule has 0 fully saturated rings. The first-order chi connectivity index (χ1) is 5.75. The molecule has 0 aliphatic rings. The molecule has 0 bridgehead atoms. The summed E-state index contributed by atoms with van der Waals surface area (Å²) in [7, 11) is 4.08.